The van der Waals surface area contributed by atoms with E-state index in [4.69, 9.17) is 21.1 Å². The molecule has 0 saturated heterocycles. The monoisotopic (exact) mass is 472 g/mol. The number of methoxy groups -OCH3 is 1. The SMILES string of the molecule is COc1ccc(Br)c(/C=N/NC(=O)c2ccc(OCc3ccc(Cl)cc3)cc2)c1. The van der Waals surface area contributed by atoms with Gasteiger partial charge in [-0.3, -0.25) is 4.79 Å². The van der Waals surface area contributed by atoms with Crippen LogP contribution >= 0.6 is 27.5 Å². The second-order valence-electron chi connectivity index (χ2n) is 6.03. The lowest BCUT2D eigenvalue weighted by Gasteiger charge is -2.07. The van der Waals surface area contributed by atoms with E-state index in [2.05, 4.69) is 26.5 Å². The number of hydrogen-bond donors (Lipinski definition) is 1. The molecule has 3 aromatic carbocycles. The van der Waals surface area contributed by atoms with Crippen molar-refractivity contribution >= 4 is 39.7 Å². The molecule has 0 radical (unpaired) electrons. The van der Waals surface area contributed by atoms with Crippen LogP contribution in [0.2, 0.25) is 5.02 Å². The molecular formula is C22H18BrClN2O3. The number of nitrogens with zero attached hydrogens (tertiary/aromatic N) is 1. The van der Waals surface area contributed by atoms with Gasteiger partial charge in [0.25, 0.3) is 5.91 Å². The number of benzene rings is 3. The summed E-state index contributed by atoms with van der Waals surface area (Å²) in [6, 6.07) is 19.8. The Bertz CT molecular complexity index is 1010. The van der Waals surface area contributed by atoms with Gasteiger partial charge >= 0.3 is 0 Å². The molecular weight excluding hydrogens is 456 g/mol. The Kier molecular flexibility index (Phi) is 7.27. The smallest absolute Gasteiger partial charge is 0.271 e. The van der Waals surface area contributed by atoms with E-state index in [1.807, 2.05) is 42.5 Å². The summed E-state index contributed by atoms with van der Waals surface area (Å²) in [6.45, 7) is 0.419. The third-order valence-corrected chi connectivity index (χ3v) is 4.98. The minimum Gasteiger partial charge on any atom is -0.497 e. The Morgan fingerprint density at radius 2 is 1.76 bits per heavy atom. The number of hydrogen-bond acceptors (Lipinski definition) is 4. The van der Waals surface area contributed by atoms with Crippen molar-refractivity contribution in [3.63, 3.8) is 0 Å². The molecule has 7 heteroatoms. The molecule has 1 N–H and O–H groups in total. The molecule has 148 valence electrons. The number of halogens is 2. The maximum absolute atomic E-state index is 12.3. The molecule has 0 spiro atoms. The van der Waals surface area contributed by atoms with Gasteiger partial charge in [0.1, 0.15) is 18.1 Å². The van der Waals surface area contributed by atoms with E-state index >= 15 is 0 Å². The molecule has 0 atom stereocenters. The maximum atomic E-state index is 12.3. The summed E-state index contributed by atoms with van der Waals surface area (Å²) in [5.74, 6) is 1.06. The molecule has 0 saturated carbocycles. The third kappa shape index (κ3) is 6.07. The highest BCUT2D eigenvalue weighted by Crippen LogP contribution is 2.21. The number of carbonyl (C=O) groups is 1. The summed E-state index contributed by atoms with van der Waals surface area (Å²) >= 11 is 9.31. The van der Waals surface area contributed by atoms with E-state index in [1.165, 1.54) is 0 Å². The molecule has 1 amide bonds. The summed E-state index contributed by atoms with van der Waals surface area (Å²) in [5, 5.41) is 4.69. The molecule has 0 bridgehead atoms. The standard InChI is InChI=1S/C22H18BrClN2O3/c1-28-20-10-11-21(23)17(12-20)13-25-26-22(27)16-4-8-19(9-5-16)29-14-15-2-6-18(24)7-3-15/h2-13H,14H2,1H3,(H,26,27)/b25-13+. The average molecular weight is 474 g/mol. The normalized spacial score (nSPS) is 10.7. The Morgan fingerprint density at radius 3 is 2.45 bits per heavy atom. The highest BCUT2D eigenvalue weighted by atomic mass is 79.9. The first kappa shape index (κ1) is 20.9. The zero-order chi connectivity index (χ0) is 20.6. The molecule has 0 unspecified atom stereocenters. The lowest BCUT2D eigenvalue weighted by Crippen LogP contribution is -2.17. The third-order valence-electron chi connectivity index (χ3n) is 4.01. The van der Waals surface area contributed by atoms with E-state index in [-0.39, 0.29) is 5.91 Å². The van der Waals surface area contributed by atoms with Crippen molar-refractivity contribution in [2.75, 3.05) is 7.11 Å². The van der Waals surface area contributed by atoms with Gasteiger partial charge in [-0.2, -0.15) is 5.10 Å². The number of rotatable bonds is 7. The number of amides is 1. The summed E-state index contributed by atoms with van der Waals surface area (Å²) < 4.78 is 11.7. The van der Waals surface area contributed by atoms with Gasteiger partial charge in [0, 0.05) is 20.6 Å². The molecule has 5 nitrogen and oxygen atoms in total. The molecule has 0 fully saturated rings. The van der Waals surface area contributed by atoms with E-state index in [0.29, 0.717) is 28.7 Å². The van der Waals surface area contributed by atoms with Gasteiger partial charge in [-0.1, -0.05) is 39.7 Å². The van der Waals surface area contributed by atoms with E-state index in [1.54, 1.807) is 37.6 Å². The van der Waals surface area contributed by atoms with Crippen LogP contribution in [0, 0.1) is 0 Å². The van der Waals surface area contributed by atoms with Crippen molar-refractivity contribution in [3.05, 3.63) is 92.9 Å². The van der Waals surface area contributed by atoms with Crippen LogP contribution in [0.25, 0.3) is 0 Å². The maximum Gasteiger partial charge on any atom is 0.271 e. The fraction of sp³-hybridized carbons (Fsp3) is 0.0909. The minimum absolute atomic E-state index is 0.315. The second kappa shape index (κ2) is 10.1. The zero-order valence-electron chi connectivity index (χ0n) is 15.6. The predicted octanol–water partition coefficient (Wildman–Crippen LogP) is 5.45. The first-order valence-corrected chi connectivity index (χ1v) is 9.86. The van der Waals surface area contributed by atoms with E-state index in [0.717, 1.165) is 15.6 Å². The zero-order valence-corrected chi connectivity index (χ0v) is 17.9. The van der Waals surface area contributed by atoms with Crippen LogP contribution in [0.15, 0.2) is 76.3 Å². The van der Waals surface area contributed by atoms with Crippen LogP contribution in [0.5, 0.6) is 11.5 Å². The molecule has 29 heavy (non-hydrogen) atoms. The van der Waals surface area contributed by atoms with Gasteiger partial charge in [0.05, 0.1) is 13.3 Å². The van der Waals surface area contributed by atoms with Crippen molar-refractivity contribution in [1.29, 1.82) is 0 Å². The van der Waals surface area contributed by atoms with Crippen LogP contribution < -0.4 is 14.9 Å². The topological polar surface area (TPSA) is 59.9 Å². The summed E-state index contributed by atoms with van der Waals surface area (Å²) in [6.07, 6.45) is 1.55. The first-order chi connectivity index (χ1) is 14.0. The molecule has 0 aromatic heterocycles. The molecule has 3 aromatic rings. The van der Waals surface area contributed by atoms with E-state index < -0.39 is 0 Å². The van der Waals surface area contributed by atoms with Crippen molar-refractivity contribution in [2.24, 2.45) is 5.10 Å². The lowest BCUT2D eigenvalue weighted by molar-refractivity contribution is 0.0955. The summed E-state index contributed by atoms with van der Waals surface area (Å²) in [7, 11) is 1.59. The van der Waals surface area contributed by atoms with Crippen molar-refractivity contribution in [2.45, 2.75) is 6.61 Å². The Balaban J connectivity index is 1.55. The first-order valence-electron chi connectivity index (χ1n) is 8.69. The quantitative estimate of drug-likeness (QED) is 0.366. The van der Waals surface area contributed by atoms with Gasteiger partial charge < -0.3 is 9.47 Å². The van der Waals surface area contributed by atoms with Crippen molar-refractivity contribution in [1.82, 2.24) is 5.43 Å². The highest BCUT2D eigenvalue weighted by molar-refractivity contribution is 9.10. The lowest BCUT2D eigenvalue weighted by atomic mass is 10.2. The molecule has 0 aliphatic carbocycles. The van der Waals surface area contributed by atoms with E-state index in [9.17, 15) is 4.79 Å². The summed E-state index contributed by atoms with van der Waals surface area (Å²) in [4.78, 5) is 12.3. The highest BCUT2D eigenvalue weighted by Gasteiger charge is 2.05. The van der Waals surface area contributed by atoms with Gasteiger partial charge in [-0.15, -0.1) is 0 Å². The molecule has 0 aliphatic rings. The van der Waals surface area contributed by atoms with Crippen LogP contribution in [0.3, 0.4) is 0 Å². The van der Waals surface area contributed by atoms with Crippen LogP contribution in [-0.4, -0.2) is 19.2 Å². The Hall–Kier alpha value is -2.83. The Labute approximate surface area is 182 Å². The van der Waals surface area contributed by atoms with Crippen LogP contribution in [0.1, 0.15) is 21.5 Å². The fourth-order valence-electron chi connectivity index (χ4n) is 2.42. The van der Waals surface area contributed by atoms with Gasteiger partial charge in [0.2, 0.25) is 0 Å². The summed E-state index contributed by atoms with van der Waals surface area (Å²) in [5.41, 5.74) is 4.78. The average Bonchev–Trinajstić information content (AvgIpc) is 2.75. The molecule has 0 heterocycles. The van der Waals surface area contributed by atoms with Crippen molar-refractivity contribution in [3.8, 4) is 11.5 Å². The number of hydrazone groups is 1. The number of ether oxygens (including phenoxy) is 2. The predicted molar refractivity (Wildman–Crippen MR) is 118 cm³/mol. The number of carbonyl (C=O) groups excluding carboxylic acids is 1. The van der Waals surface area contributed by atoms with Gasteiger partial charge in [-0.05, 0) is 60.2 Å². The Morgan fingerprint density at radius 1 is 1.07 bits per heavy atom. The fourth-order valence-corrected chi connectivity index (χ4v) is 2.90. The number of nitrogens with one attached hydrogen (secondary N) is 1. The van der Waals surface area contributed by atoms with Gasteiger partial charge in [0.15, 0.2) is 0 Å². The van der Waals surface area contributed by atoms with Crippen LogP contribution in [-0.2, 0) is 6.61 Å². The second-order valence-corrected chi connectivity index (χ2v) is 7.32. The van der Waals surface area contributed by atoms with Crippen LogP contribution in [0.4, 0.5) is 0 Å². The molecule has 3 rings (SSSR count). The minimum atomic E-state index is -0.315. The van der Waals surface area contributed by atoms with Gasteiger partial charge in [-0.25, -0.2) is 5.43 Å². The molecule has 0 aliphatic heterocycles. The largest absolute Gasteiger partial charge is 0.497 e. The van der Waals surface area contributed by atoms with Crippen molar-refractivity contribution < 1.29 is 14.3 Å².